The van der Waals surface area contributed by atoms with E-state index >= 15 is 0 Å². The minimum Gasteiger partial charge on any atom is -0.464 e. The fraction of sp³-hybridized carbons (Fsp3) is 0.0882. The van der Waals surface area contributed by atoms with Crippen molar-refractivity contribution in [3.05, 3.63) is 150 Å². The van der Waals surface area contributed by atoms with Gasteiger partial charge in [0.1, 0.15) is 5.75 Å². The fourth-order valence-electron chi connectivity index (χ4n) is 5.39. The number of hydrogen-bond donors (Lipinski definition) is 0. The lowest BCUT2D eigenvalue weighted by Crippen LogP contribution is -2.33. The monoisotopic (exact) mass is 478 g/mol. The zero-order valence-corrected chi connectivity index (χ0v) is 20.4. The molecule has 7 rings (SSSR count). The third-order valence-corrected chi connectivity index (χ3v) is 7.33. The summed E-state index contributed by atoms with van der Waals surface area (Å²) in [4.78, 5) is 0. The molecule has 0 aliphatic carbocycles. The summed E-state index contributed by atoms with van der Waals surface area (Å²) in [6.07, 6.45) is 0.578. The Balaban J connectivity index is 1.22. The van der Waals surface area contributed by atoms with Gasteiger partial charge in [-0.1, -0.05) is 127 Å². The standard InChI is InChI=1S/C34H26N2O/c1-3-9-24(10-4-1)26-15-19-28(20-16-26)31-23-32-30-13-7-8-14-33(30)37-34(36(32)35-31)29-21-17-27(18-22-29)25-11-5-2-6-12-25/h1-22,32,34H,23H2/t32-,34+/m0/s1. The molecular weight excluding hydrogens is 452 g/mol. The van der Waals surface area contributed by atoms with Gasteiger partial charge in [-0.05, 0) is 33.9 Å². The van der Waals surface area contributed by atoms with E-state index in [4.69, 9.17) is 9.84 Å². The zero-order chi connectivity index (χ0) is 24.6. The van der Waals surface area contributed by atoms with Crippen molar-refractivity contribution in [3.63, 3.8) is 0 Å². The largest absolute Gasteiger partial charge is 0.464 e. The molecule has 0 saturated heterocycles. The Morgan fingerprint density at radius 3 is 1.70 bits per heavy atom. The van der Waals surface area contributed by atoms with Crippen LogP contribution in [0.3, 0.4) is 0 Å². The minimum atomic E-state index is -0.272. The van der Waals surface area contributed by atoms with Gasteiger partial charge in [0, 0.05) is 17.5 Å². The van der Waals surface area contributed by atoms with Crippen molar-refractivity contribution in [1.29, 1.82) is 0 Å². The van der Waals surface area contributed by atoms with Crippen molar-refractivity contribution in [3.8, 4) is 28.0 Å². The minimum absolute atomic E-state index is 0.146. The summed E-state index contributed by atoms with van der Waals surface area (Å²) in [5, 5.41) is 7.30. The molecule has 2 heterocycles. The zero-order valence-electron chi connectivity index (χ0n) is 20.4. The van der Waals surface area contributed by atoms with E-state index in [1.165, 1.54) is 27.8 Å². The third-order valence-electron chi connectivity index (χ3n) is 7.33. The van der Waals surface area contributed by atoms with Crippen LogP contribution < -0.4 is 4.74 Å². The molecule has 0 unspecified atom stereocenters. The van der Waals surface area contributed by atoms with Gasteiger partial charge >= 0.3 is 0 Å². The van der Waals surface area contributed by atoms with Crippen LogP contribution in [-0.4, -0.2) is 10.7 Å². The summed E-state index contributed by atoms with van der Waals surface area (Å²) < 4.78 is 6.56. The Morgan fingerprint density at radius 2 is 1.05 bits per heavy atom. The summed E-state index contributed by atoms with van der Waals surface area (Å²) in [7, 11) is 0. The van der Waals surface area contributed by atoms with Gasteiger partial charge in [0.25, 0.3) is 0 Å². The number of para-hydroxylation sites is 1. The van der Waals surface area contributed by atoms with Gasteiger partial charge in [-0.25, -0.2) is 5.01 Å². The lowest BCUT2D eigenvalue weighted by molar-refractivity contribution is -0.0190. The summed E-state index contributed by atoms with van der Waals surface area (Å²) in [5.74, 6) is 0.941. The number of ether oxygens (including phenoxy) is 1. The molecule has 178 valence electrons. The van der Waals surface area contributed by atoms with Crippen LogP contribution in [0.1, 0.15) is 35.4 Å². The summed E-state index contributed by atoms with van der Waals surface area (Å²) >= 11 is 0. The molecule has 3 nitrogen and oxygen atoms in total. The number of fused-ring (bicyclic) bond motifs is 3. The highest BCUT2D eigenvalue weighted by atomic mass is 16.5. The van der Waals surface area contributed by atoms with Crippen molar-refractivity contribution in [2.75, 3.05) is 0 Å². The molecule has 0 N–H and O–H groups in total. The molecule has 2 atom stereocenters. The molecule has 0 spiro atoms. The van der Waals surface area contributed by atoms with E-state index in [-0.39, 0.29) is 12.3 Å². The molecule has 3 heteroatoms. The van der Waals surface area contributed by atoms with Crippen LogP contribution in [0.5, 0.6) is 5.75 Å². The van der Waals surface area contributed by atoms with Gasteiger partial charge in [-0.15, -0.1) is 0 Å². The van der Waals surface area contributed by atoms with Gasteiger partial charge in [-0.2, -0.15) is 5.10 Å². The predicted molar refractivity (Wildman–Crippen MR) is 149 cm³/mol. The topological polar surface area (TPSA) is 24.8 Å². The Labute approximate surface area is 217 Å². The lowest BCUT2D eigenvalue weighted by Gasteiger charge is -2.38. The van der Waals surface area contributed by atoms with E-state index in [0.717, 1.165) is 29.0 Å². The first kappa shape index (κ1) is 21.6. The van der Waals surface area contributed by atoms with Crippen molar-refractivity contribution < 1.29 is 4.74 Å². The molecule has 0 aromatic heterocycles. The van der Waals surface area contributed by atoms with Crippen molar-refractivity contribution in [2.24, 2.45) is 5.10 Å². The van der Waals surface area contributed by atoms with Gasteiger partial charge in [0.15, 0.2) is 0 Å². The number of benzene rings is 5. The number of hydrogen-bond acceptors (Lipinski definition) is 3. The quantitative estimate of drug-likeness (QED) is 0.260. The van der Waals surface area contributed by atoms with E-state index in [0.29, 0.717) is 0 Å². The number of nitrogens with zero attached hydrogens (tertiary/aromatic N) is 2. The molecule has 0 fully saturated rings. The Morgan fingerprint density at radius 1 is 0.541 bits per heavy atom. The van der Waals surface area contributed by atoms with E-state index in [2.05, 4.69) is 120 Å². The van der Waals surface area contributed by atoms with Crippen LogP contribution >= 0.6 is 0 Å². The molecule has 37 heavy (non-hydrogen) atoms. The summed E-state index contributed by atoms with van der Waals surface area (Å²) in [5.41, 5.74) is 9.39. The molecule has 5 aromatic carbocycles. The highest BCUT2D eigenvalue weighted by Gasteiger charge is 2.40. The number of rotatable bonds is 4. The highest BCUT2D eigenvalue weighted by Crippen LogP contribution is 2.47. The van der Waals surface area contributed by atoms with E-state index < -0.39 is 0 Å². The van der Waals surface area contributed by atoms with Crippen LogP contribution in [-0.2, 0) is 0 Å². The molecule has 0 radical (unpaired) electrons. The lowest BCUT2D eigenvalue weighted by atomic mass is 9.95. The van der Waals surface area contributed by atoms with E-state index in [9.17, 15) is 0 Å². The van der Waals surface area contributed by atoms with Gasteiger partial charge in [-0.3, -0.25) is 0 Å². The molecule has 0 bridgehead atoms. The van der Waals surface area contributed by atoms with Gasteiger partial charge < -0.3 is 4.74 Å². The summed E-state index contributed by atoms with van der Waals surface area (Å²) in [6.45, 7) is 0. The van der Waals surface area contributed by atoms with E-state index in [1.54, 1.807) is 0 Å². The van der Waals surface area contributed by atoms with E-state index in [1.807, 2.05) is 18.2 Å². The van der Waals surface area contributed by atoms with Gasteiger partial charge in [0.05, 0.1) is 11.8 Å². The molecule has 0 amide bonds. The second-order valence-corrected chi connectivity index (χ2v) is 9.59. The molecular formula is C34H26N2O. The maximum Gasteiger partial charge on any atom is 0.213 e. The van der Waals surface area contributed by atoms with Crippen LogP contribution in [0.25, 0.3) is 22.3 Å². The van der Waals surface area contributed by atoms with Crippen molar-refractivity contribution >= 4 is 5.71 Å². The molecule has 0 saturated carbocycles. The second-order valence-electron chi connectivity index (χ2n) is 9.59. The van der Waals surface area contributed by atoms with Crippen molar-refractivity contribution in [2.45, 2.75) is 18.7 Å². The highest BCUT2D eigenvalue weighted by molar-refractivity contribution is 6.02. The average Bonchev–Trinajstić information content (AvgIpc) is 3.44. The predicted octanol–water partition coefficient (Wildman–Crippen LogP) is 8.26. The Kier molecular flexibility index (Phi) is 5.32. The van der Waals surface area contributed by atoms with Gasteiger partial charge in [0.2, 0.25) is 6.23 Å². The average molecular weight is 479 g/mol. The Bertz CT molecular complexity index is 1560. The third kappa shape index (κ3) is 3.99. The smallest absolute Gasteiger partial charge is 0.213 e. The van der Waals surface area contributed by atoms with Crippen LogP contribution in [0, 0.1) is 0 Å². The normalized spacial score (nSPS) is 17.9. The first-order valence-corrected chi connectivity index (χ1v) is 12.8. The van der Waals surface area contributed by atoms with Crippen LogP contribution in [0.2, 0.25) is 0 Å². The maximum absolute atomic E-state index is 6.56. The number of hydrazone groups is 1. The van der Waals surface area contributed by atoms with Crippen molar-refractivity contribution in [1.82, 2.24) is 5.01 Å². The first-order chi connectivity index (χ1) is 18.3. The van der Waals surface area contributed by atoms with Crippen LogP contribution in [0.4, 0.5) is 0 Å². The maximum atomic E-state index is 6.56. The Hall–Kier alpha value is -4.63. The molecule has 2 aliphatic rings. The fourth-order valence-corrected chi connectivity index (χ4v) is 5.39. The molecule has 2 aliphatic heterocycles. The second kappa shape index (κ2) is 9.11. The molecule has 5 aromatic rings. The van der Waals surface area contributed by atoms with Crippen LogP contribution in [0.15, 0.2) is 139 Å². The first-order valence-electron chi connectivity index (χ1n) is 12.8. The summed E-state index contributed by atoms with van der Waals surface area (Å²) in [6, 6.07) is 46.9. The SMILES string of the molecule is c1ccc(-c2ccc(C3=NN4[C@@H](c5ccc(-c6ccccc6)cc5)Oc5ccccc5[C@@H]4C3)cc2)cc1.